The molecule has 56 valence electrons. The van der Waals surface area contributed by atoms with Gasteiger partial charge in [-0.3, -0.25) is 4.79 Å². The van der Waals surface area contributed by atoms with Gasteiger partial charge in [0.25, 0.3) is 5.56 Å². The lowest BCUT2D eigenvalue weighted by Gasteiger charge is -2.07. The molecule has 0 amide bonds. The fourth-order valence-electron chi connectivity index (χ4n) is 0.972. The van der Waals surface area contributed by atoms with E-state index in [0.29, 0.717) is 17.9 Å². The Kier molecular flexibility index (Phi) is 1.25. The summed E-state index contributed by atoms with van der Waals surface area (Å²) in [6.07, 6.45) is 5.24. The van der Waals surface area contributed by atoms with Gasteiger partial charge in [0.2, 0.25) is 5.88 Å². The van der Waals surface area contributed by atoms with E-state index in [4.69, 9.17) is 4.74 Å². The number of rotatable bonds is 0. The second kappa shape index (κ2) is 2.23. The first-order valence-electron chi connectivity index (χ1n) is 3.26. The summed E-state index contributed by atoms with van der Waals surface area (Å²) in [6.45, 7) is 0. The van der Waals surface area contributed by atoms with Gasteiger partial charge in [-0.1, -0.05) is 0 Å². The summed E-state index contributed by atoms with van der Waals surface area (Å²) in [5, 5.41) is 0. The van der Waals surface area contributed by atoms with Crippen LogP contribution in [-0.2, 0) is 6.42 Å². The Morgan fingerprint density at radius 1 is 1.64 bits per heavy atom. The van der Waals surface area contributed by atoms with Crippen molar-refractivity contribution in [3.05, 3.63) is 34.6 Å². The first-order chi connectivity index (χ1) is 5.38. The zero-order chi connectivity index (χ0) is 7.68. The van der Waals surface area contributed by atoms with Crippen molar-refractivity contribution in [3.63, 3.8) is 0 Å². The molecule has 1 aliphatic rings. The van der Waals surface area contributed by atoms with Gasteiger partial charge in [0.05, 0.1) is 18.2 Å². The molecule has 0 bridgehead atoms. The van der Waals surface area contributed by atoms with Gasteiger partial charge in [-0.15, -0.1) is 0 Å². The third-order valence-electron chi connectivity index (χ3n) is 1.51. The van der Waals surface area contributed by atoms with Crippen molar-refractivity contribution in [3.8, 4) is 5.88 Å². The smallest absolute Gasteiger partial charge is 0.258 e. The molecule has 0 saturated carbocycles. The first-order valence-corrected chi connectivity index (χ1v) is 3.26. The number of allylic oxidation sites excluding steroid dienone is 1. The number of hydrogen-bond acceptors (Lipinski definition) is 3. The van der Waals surface area contributed by atoms with E-state index in [1.54, 1.807) is 6.08 Å². The highest BCUT2D eigenvalue weighted by Gasteiger charge is 2.10. The summed E-state index contributed by atoms with van der Waals surface area (Å²) >= 11 is 0. The molecule has 0 atom stereocenters. The van der Waals surface area contributed by atoms with Crippen LogP contribution in [0.1, 0.15) is 5.56 Å². The number of aromatic amines is 1. The largest absolute Gasteiger partial charge is 0.446 e. The van der Waals surface area contributed by atoms with Crippen LogP contribution >= 0.6 is 0 Å². The Labute approximate surface area is 62.5 Å². The lowest BCUT2D eigenvalue weighted by molar-refractivity contribution is 0.441. The molecule has 0 fully saturated rings. The van der Waals surface area contributed by atoms with Crippen molar-refractivity contribution in [2.75, 3.05) is 0 Å². The van der Waals surface area contributed by atoms with Gasteiger partial charge in [-0.05, 0) is 6.08 Å². The molecule has 0 aromatic carbocycles. The average molecular weight is 150 g/mol. The molecule has 0 aliphatic carbocycles. The van der Waals surface area contributed by atoms with E-state index in [1.165, 1.54) is 12.6 Å². The number of fused-ring (bicyclic) bond motifs is 1. The molecule has 1 aromatic rings. The van der Waals surface area contributed by atoms with Crippen LogP contribution in [0.25, 0.3) is 0 Å². The van der Waals surface area contributed by atoms with Crippen LogP contribution in [0.5, 0.6) is 5.88 Å². The molecule has 1 aromatic heterocycles. The van der Waals surface area contributed by atoms with Crippen LogP contribution in [0.15, 0.2) is 23.5 Å². The summed E-state index contributed by atoms with van der Waals surface area (Å²) in [7, 11) is 0. The van der Waals surface area contributed by atoms with Gasteiger partial charge in [0.15, 0.2) is 0 Å². The van der Waals surface area contributed by atoms with Crippen LogP contribution in [0, 0.1) is 0 Å². The van der Waals surface area contributed by atoms with Gasteiger partial charge in [0.1, 0.15) is 0 Å². The van der Waals surface area contributed by atoms with Crippen molar-refractivity contribution >= 4 is 0 Å². The second-order valence-electron chi connectivity index (χ2n) is 2.21. The molecular weight excluding hydrogens is 144 g/mol. The number of aromatic nitrogens is 2. The summed E-state index contributed by atoms with van der Waals surface area (Å²) in [6, 6.07) is 0. The van der Waals surface area contributed by atoms with Crippen molar-refractivity contribution in [2.45, 2.75) is 6.42 Å². The Hall–Kier alpha value is -1.58. The SMILES string of the molecule is O=c1[nH]cnc2c1CC=CO2. The molecule has 0 unspecified atom stereocenters. The fourth-order valence-corrected chi connectivity index (χ4v) is 0.972. The van der Waals surface area contributed by atoms with Gasteiger partial charge in [0, 0.05) is 6.42 Å². The molecule has 0 spiro atoms. The molecule has 11 heavy (non-hydrogen) atoms. The maximum absolute atomic E-state index is 11.1. The fraction of sp³-hybridized carbons (Fsp3) is 0.143. The highest BCUT2D eigenvalue weighted by atomic mass is 16.5. The zero-order valence-corrected chi connectivity index (χ0v) is 5.70. The normalized spacial score (nSPS) is 13.8. The Bertz CT molecular complexity index is 354. The van der Waals surface area contributed by atoms with E-state index in [0.717, 1.165) is 0 Å². The van der Waals surface area contributed by atoms with E-state index in [1.807, 2.05) is 0 Å². The molecule has 0 saturated heterocycles. The predicted octanol–water partition coefficient (Wildman–Crippen LogP) is 0.219. The number of ether oxygens (including phenoxy) is 1. The van der Waals surface area contributed by atoms with E-state index in [2.05, 4.69) is 9.97 Å². The lowest BCUT2D eigenvalue weighted by atomic mass is 10.2. The number of nitrogens with zero attached hydrogens (tertiary/aromatic N) is 1. The maximum atomic E-state index is 11.1. The van der Waals surface area contributed by atoms with Gasteiger partial charge < -0.3 is 9.72 Å². The van der Waals surface area contributed by atoms with E-state index < -0.39 is 0 Å². The van der Waals surface area contributed by atoms with Crippen LogP contribution in [0.2, 0.25) is 0 Å². The molecule has 1 N–H and O–H groups in total. The van der Waals surface area contributed by atoms with Crippen molar-refractivity contribution < 1.29 is 4.74 Å². The second-order valence-corrected chi connectivity index (χ2v) is 2.21. The minimum Gasteiger partial charge on any atom is -0.446 e. The van der Waals surface area contributed by atoms with Crippen molar-refractivity contribution in [1.29, 1.82) is 0 Å². The van der Waals surface area contributed by atoms with Gasteiger partial charge >= 0.3 is 0 Å². The summed E-state index contributed by atoms with van der Waals surface area (Å²) in [5.41, 5.74) is 0.467. The number of H-pyrrole nitrogens is 1. The van der Waals surface area contributed by atoms with Crippen LogP contribution < -0.4 is 10.3 Å². The van der Waals surface area contributed by atoms with Crippen molar-refractivity contribution in [2.24, 2.45) is 0 Å². The highest BCUT2D eigenvalue weighted by Crippen LogP contribution is 2.14. The third-order valence-corrected chi connectivity index (χ3v) is 1.51. The maximum Gasteiger partial charge on any atom is 0.258 e. The molecule has 0 radical (unpaired) electrons. The lowest BCUT2D eigenvalue weighted by Crippen LogP contribution is -2.15. The van der Waals surface area contributed by atoms with E-state index in [9.17, 15) is 4.79 Å². The first kappa shape index (κ1) is 6.15. The predicted molar refractivity (Wildman–Crippen MR) is 38.3 cm³/mol. The minimum absolute atomic E-state index is 0.126. The summed E-state index contributed by atoms with van der Waals surface area (Å²) in [5.74, 6) is 0.413. The highest BCUT2D eigenvalue weighted by molar-refractivity contribution is 5.27. The van der Waals surface area contributed by atoms with Crippen molar-refractivity contribution in [1.82, 2.24) is 9.97 Å². The Morgan fingerprint density at radius 2 is 2.55 bits per heavy atom. The Morgan fingerprint density at radius 3 is 3.36 bits per heavy atom. The quantitative estimate of drug-likeness (QED) is 0.575. The number of nitrogens with one attached hydrogen (secondary N) is 1. The minimum atomic E-state index is -0.126. The van der Waals surface area contributed by atoms with Gasteiger partial charge in [-0.25, -0.2) is 4.98 Å². The molecule has 4 nitrogen and oxygen atoms in total. The average Bonchev–Trinajstić information content (AvgIpc) is 2.06. The topological polar surface area (TPSA) is 55.0 Å². The molecule has 1 aliphatic heterocycles. The van der Waals surface area contributed by atoms with Crippen LogP contribution in [0.4, 0.5) is 0 Å². The number of hydrogen-bond donors (Lipinski definition) is 1. The standard InChI is InChI=1S/C7H6N2O2/c10-6-5-2-1-3-11-7(5)9-4-8-6/h1,3-4H,2H2,(H,8,9,10). The molecular formula is C7H6N2O2. The summed E-state index contributed by atoms with van der Waals surface area (Å²) < 4.78 is 4.99. The summed E-state index contributed by atoms with van der Waals surface area (Å²) in [4.78, 5) is 17.4. The molecule has 2 heterocycles. The monoisotopic (exact) mass is 150 g/mol. The third kappa shape index (κ3) is 0.920. The van der Waals surface area contributed by atoms with E-state index in [-0.39, 0.29) is 5.56 Å². The van der Waals surface area contributed by atoms with Crippen LogP contribution in [-0.4, -0.2) is 9.97 Å². The van der Waals surface area contributed by atoms with Gasteiger partial charge in [-0.2, -0.15) is 0 Å². The molecule has 4 heteroatoms. The van der Waals surface area contributed by atoms with Crippen LogP contribution in [0.3, 0.4) is 0 Å². The molecule has 2 rings (SSSR count). The zero-order valence-electron chi connectivity index (χ0n) is 5.70. The Balaban J connectivity index is 2.63. The van der Waals surface area contributed by atoms with E-state index >= 15 is 0 Å².